The standard InChI is InChI=1S/C8H14N4O/c9-11-8(13)3-1-2-5-12-6-4-10-7-12/h4,6-7H,1-3,5,9H2,(H,11,13). The number of carbonyl (C=O) groups excluding carboxylic acids is 1. The van der Waals surface area contributed by atoms with Crippen molar-refractivity contribution in [2.24, 2.45) is 5.84 Å². The molecule has 0 aliphatic heterocycles. The summed E-state index contributed by atoms with van der Waals surface area (Å²) in [6.45, 7) is 0.901. The Morgan fingerprint density at radius 1 is 1.54 bits per heavy atom. The summed E-state index contributed by atoms with van der Waals surface area (Å²) in [4.78, 5) is 14.6. The number of carbonyl (C=O) groups is 1. The lowest BCUT2D eigenvalue weighted by Gasteiger charge is -2.01. The molecule has 0 atom stereocenters. The van der Waals surface area contributed by atoms with Crippen LogP contribution in [0.4, 0.5) is 0 Å². The number of nitrogens with one attached hydrogen (secondary N) is 1. The fourth-order valence-corrected chi connectivity index (χ4v) is 1.07. The third kappa shape index (κ3) is 3.71. The number of imidazole rings is 1. The predicted molar refractivity (Wildman–Crippen MR) is 48.4 cm³/mol. The molecule has 5 heteroatoms. The molecule has 0 aromatic carbocycles. The maximum atomic E-state index is 10.7. The average Bonchev–Trinajstić information content (AvgIpc) is 2.64. The summed E-state index contributed by atoms with van der Waals surface area (Å²) in [5, 5.41) is 0. The van der Waals surface area contributed by atoms with E-state index in [0.717, 1.165) is 19.4 Å². The summed E-state index contributed by atoms with van der Waals surface area (Å²) in [5.74, 6) is 4.83. The number of nitrogens with two attached hydrogens (primary N) is 1. The van der Waals surface area contributed by atoms with Gasteiger partial charge in [0, 0.05) is 25.4 Å². The molecule has 1 amide bonds. The van der Waals surface area contributed by atoms with Crippen LogP contribution in [0.1, 0.15) is 19.3 Å². The van der Waals surface area contributed by atoms with Crippen LogP contribution in [0.3, 0.4) is 0 Å². The van der Waals surface area contributed by atoms with Crippen LogP contribution in [0.2, 0.25) is 0 Å². The van der Waals surface area contributed by atoms with Crippen LogP contribution in [0, 0.1) is 0 Å². The van der Waals surface area contributed by atoms with Gasteiger partial charge in [-0.3, -0.25) is 10.2 Å². The zero-order valence-corrected chi connectivity index (χ0v) is 7.44. The van der Waals surface area contributed by atoms with E-state index in [2.05, 4.69) is 10.4 Å². The maximum Gasteiger partial charge on any atom is 0.233 e. The van der Waals surface area contributed by atoms with Crippen molar-refractivity contribution in [3.63, 3.8) is 0 Å². The van der Waals surface area contributed by atoms with Gasteiger partial charge in [0.05, 0.1) is 6.33 Å². The highest BCUT2D eigenvalue weighted by Gasteiger charge is 1.97. The van der Waals surface area contributed by atoms with Crippen LogP contribution < -0.4 is 11.3 Å². The van der Waals surface area contributed by atoms with Crippen LogP contribution in [-0.2, 0) is 11.3 Å². The molecule has 13 heavy (non-hydrogen) atoms. The fraction of sp³-hybridized carbons (Fsp3) is 0.500. The van der Waals surface area contributed by atoms with Gasteiger partial charge in [0.2, 0.25) is 5.91 Å². The van der Waals surface area contributed by atoms with Crippen molar-refractivity contribution in [2.45, 2.75) is 25.8 Å². The molecule has 0 saturated heterocycles. The third-order valence-corrected chi connectivity index (χ3v) is 1.79. The number of aryl methyl sites for hydroxylation is 1. The lowest BCUT2D eigenvalue weighted by Crippen LogP contribution is -2.29. The second kappa shape index (κ2) is 5.31. The van der Waals surface area contributed by atoms with Crippen molar-refractivity contribution >= 4 is 5.91 Å². The minimum atomic E-state index is -0.106. The first-order chi connectivity index (χ1) is 6.33. The summed E-state index contributed by atoms with van der Waals surface area (Å²) < 4.78 is 1.99. The van der Waals surface area contributed by atoms with E-state index in [4.69, 9.17) is 5.84 Å². The van der Waals surface area contributed by atoms with Crippen molar-refractivity contribution in [3.8, 4) is 0 Å². The zero-order chi connectivity index (χ0) is 9.52. The Hall–Kier alpha value is -1.36. The summed E-state index contributed by atoms with van der Waals surface area (Å²) in [6, 6.07) is 0. The Balaban J connectivity index is 2.05. The number of nitrogens with zero attached hydrogens (tertiary/aromatic N) is 2. The van der Waals surface area contributed by atoms with E-state index in [1.165, 1.54) is 0 Å². The van der Waals surface area contributed by atoms with Crippen molar-refractivity contribution < 1.29 is 4.79 Å². The van der Waals surface area contributed by atoms with E-state index >= 15 is 0 Å². The number of unbranched alkanes of at least 4 members (excludes halogenated alkanes) is 1. The molecule has 0 saturated carbocycles. The first-order valence-electron chi connectivity index (χ1n) is 4.28. The number of aromatic nitrogens is 2. The highest BCUT2D eigenvalue weighted by Crippen LogP contribution is 1.98. The van der Waals surface area contributed by atoms with Gasteiger partial charge >= 0.3 is 0 Å². The minimum Gasteiger partial charge on any atom is -0.337 e. The molecule has 72 valence electrons. The Morgan fingerprint density at radius 3 is 3.00 bits per heavy atom. The molecule has 0 radical (unpaired) electrons. The van der Waals surface area contributed by atoms with E-state index in [9.17, 15) is 4.79 Å². The zero-order valence-electron chi connectivity index (χ0n) is 7.44. The van der Waals surface area contributed by atoms with Crippen molar-refractivity contribution in [3.05, 3.63) is 18.7 Å². The van der Waals surface area contributed by atoms with E-state index in [-0.39, 0.29) is 5.91 Å². The molecule has 5 nitrogen and oxygen atoms in total. The van der Waals surface area contributed by atoms with Crippen LogP contribution in [0.25, 0.3) is 0 Å². The van der Waals surface area contributed by atoms with Gasteiger partial charge in [0.1, 0.15) is 0 Å². The highest BCUT2D eigenvalue weighted by atomic mass is 16.2. The summed E-state index contributed by atoms with van der Waals surface area (Å²) in [6.07, 6.45) is 7.72. The van der Waals surface area contributed by atoms with Gasteiger partial charge in [-0.05, 0) is 12.8 Å². The molecule has 0 fully saturated rings. The minimum absolute atomic E-state index is 0.106. The summed E-state index contributed by atoms with van der Waals surface area (Å²) >= 11 is 0. The summed E-state index contributed by atoms with van der Waals surface area (Å²) in [7, 11) is 0. The molecule has 1 rings (SSSR count). The predicted octanol–water partition coefficient (Wildman–Crippen LogP) is 0.0433. The first-order valence-corrected chi connectivity index (χ1v) is 4.28. The Kier molecular flexibility index (Phi) is 3.98. The van der Waals surface area contributed by atoms with Crippen LogP contribution in [0.15, 0.2) is 18.7 Å². The van der Waals surface area contributed by atoms with E-state index in [0.29, 0.717) is 6.42 Å². The number of amides is 1. The molecular formula is C8H14N4O. The Morgan fingerprint density at radius 2 is 2.38 bits per heavy atom. The average molecular weight is 182 g/mol. The third-order valence-electron chi connectivity index (χ3n) is 1.79. The SMILES string of the molecule is NNC(=O)CCCCn1ccnc1. The monoisotopic (exact) mass is 182 g/mol. The van der Waals surface area contributed by atoms with Crippen molar-refractivity contribution in [2.75, 3.05) is 0 Å². The van der Waals surface area contributed by atoms with Gasteiger partial charge in [0.25, 0.3) is 0 Å². The molecule has 0 spiro atoms. The van der Waals surface area contributed by atoms with Gasteiger partial charge in [-0.15, -0.1) is 0 Å². The molecule has 0 unspecified atom stereocenters. The Labute approximate surface area is 76.9 Å². The van der Waals surface area contributed by atoms with Crippen LogP contribution >= 0.6 is 0 Å². The summed E-state index contributed by atoms with van der Waals surface area (Å²) in [5.41, 5.74) is 2.10. The van der Waals surface area contributed by atoms with Gasteiger partial charge in [-0.25, -0.2) is 10.8 Å². The highest BCUT2D eigenvalue weighted by molar-refractivity contribution is 5.74. The molecule has 0 aliphatic rings. The van der Waals surface area contributed by atoms with E-state index in [1.807, 2.05) is 10.8 Å². The molecule has 3 N–H and O–H groups in total. The topological polar surface area (TPSA) is 72.9 Å². The van der Waals surface area contributed by atoms with Gasteiger partial charge in [0.15, 0.2) is 0 Å². The second-order valence-corrected chi connectivity index (χ2v) is 2.83. The van der Waals surface area contributed by atoms with E-state index in [1.54, 1.807) is 12.5 Å². The van der Waals surface area contributed by atoms with Gasteiger partial charge in [-0.1, -0.05) is 0 Å². The van der Waals surface area contributed by atoms with Gasteiger partial charge in [-0.2, -0.15) is 0 Å². The number of rotatable bonds is 5. The first kappa shape index (κ1) is 9.73. The normalized spacial score (nSPS) is 9.92. The molecule has 1 heterocycles. The lowest BCUT2D eigenvalue weighted by atomic mass is 10.2. The van der Waals surface area contributed by atoms with Crippen LogP contribution in [0.5, 0.6) is 0 Å². The largest absolute Gasteiger partial charge is 0.337 e. The van der Waals surface area contributed by atoms with Gasteiger partial charge < -0.3 is 4.57 Å². The fourth-order valence-electron chi connectivity index (χ4n) is 1.07. The molecule has 0 bridgehead atoms. The number of hydrogen-bond donors (Lipinski definition) is 2. The maximum absolute atomic E-state index is 10.7. The second-order valence-electron chi connectivity index (χ2n) is 2.83. The number of hydrogen-bond acceptors (Lipinski definition) is 3. The number of hydrazine groups is 1. The van der Waals surface area contributed by atoms with Crippen LogP contribution in [-0.4, -0.2) is 15.5 Å². The lowest BCUT2D eigenvalue weighted by molar-refractivity contribution is -0.121. The van der Waals surface area contributed by atoms with Crippen molar-refractivity contribution in [1.82, 2.24) is 15.0 Å². The molecule has 1 aromatic rings. The quantitative estimate of drug-likeness (QED) is 0.292. The Bertz CT molecular complexity index is 245. The smallest absolute Gasteiger partial charge is 0.233 e. The van der Waals surface area contributed by atoms with E-state index < -0.39 is 0 Å². The molecular weight excluding hydrogens is 168 g/mol. The molecule has 1 aromatic heterocycles. The molecule has 0 aliphatic carbocycles. The van der Waals surface area contributed by atoms with Crippen molar-refractivity contribution in [1.29, 1.82) is 0 Å².